The Bertz CT molecular complexity index is 665. The maximum atomic E-state index is 12.8. The Kier molecular flexibility index (Phi) is 5.15. The number of carbonyl (C=O) groups is 3. The average Bonchev–Trinajstić information content (AvgIpc) is 2.90. The number of anilines is 1. The number of carbonyl (C=O) groups excluding carboxylic acids is 3. The third-order valence-electron chi connectivity index (χ3n) is 5.02. The van der Waals surface area contributed by atoms with Crippen LogP contribution in [0.1, 0.15) is 23.7 Å². The highest BCUT2D eigenvalue weighted by atomic mass is 16.5. The summed E-state index contributed by atoms with van der Waals surface area (Å²) in [6, 6.07) is 6.16. The highest BCUT2D eigenvalue weighted by Crippen LogP contribution is 2.22. The van der Waals surface area contributed by atoms with Crippen molar-refractivity contribution in [1.82, 2.24) is 0 Å². The fourth-order valence-corrected chi connectivity index (χ4v) is 3.53. The number of likely N-dealkylation sites (N-methyl/N-ethyl adjacent to an activating group) is 1. The number of benzene rings is 1. The molecule has 1 atom stereocenters. The molecule has 0 bridgehead atoms. The number of imide groups is 1. The van der Waals surface area contributed by atoms with Gasteiger partial charge in [-0.05, 0) is 31.2 Å². The molecule has 2 aliphatic heterocycles. The molecule has 2 amide bonds. The lowest BCUT2D eigenvalue weighted by Crippen LogP contribution is -3.29. The second-order valence-corrected chi connectivity index (χ2v) is 6.71. The normalized spacial score (nSPS) is 26.8. The smallest absolute Gasteiger partial charge is 0.338 e. The van der Waals surface area contributed by atoms with E-state index in [1.807, 2.05) is 0 Å². The van der Waals surface area contributed by atoms with Gasteiger partial charge in [0.05, 0.1) is 31.3 Å². The third kappa shape index (κ3) is 3.57. The van der Waals surface area contributed by atoms with E-state index in [4.69, 9.17) is 4.74 Å². The largest absolute Gasteiger partial charge is 0.462 e. The number of hydrogen-bond acceptors (Lipinski definition) is 4. The first-order valence-corrected chi connectivity index (χ1v) is 8.81. The molecule has 2 aliphatic rings. The first kappa shape index (κ1) is 17.6. The SMILES string of the molecule is CCOC(=O)c1ccc(N2C(=O)C[C@H]([NH+]3CC[NH+](C)CC3)C2=O)cc1. The average molecular weight is 347 g/mol. The van der Waals surface area contributed by atoms with Crippen LogP contribution in [0.25, 0.3) is 0 Å². The summed E-state index contributed by atoms with van der Waals surface area (Å²) in [6.07, 6.45) is 0.257. The lowest BCUT2D eigenvalue weighted by Gasteiger charge is -2.30. The van der Waals surface area contributed by atoms with Gasteiger partial charge in [0.2, 0.25) is 5.91 Å². The molecule has 2 heterocycles. The Labute approximate surface area is 147 Å². The molecule has 1 aromatic carbocycles. The lowest BCUT2D eigenvalue weighted by molar-refractivity contribution is -1.01. The Morgan fingerprint density at radius 2 is 1.80 bits per heavy atom. The molecule has 7 nitrogen and oxygen atoms in total. The number of hydrogen-bond donors (Lipinski definition) is 2. The molecule has 3 rings (SSSR count). The summed E-state index contributed by atoms with van der Waals surface area (Å²) in [5.41, 5.74) is 0.929. The highest BCUT2D eigenvalue weighted by molar-refractivity contribution is 6.21. The molecule has 25 heavy (non-hydrogen) atoms. The molecular weight excluding hydrogens is 322 g/mol. The van der Waals surface area contributed by atoms with Gasteiger partial charge in [-0.25, -0.2) is 9.69 Å². The fourth-order valence-electron chi connectivity index (χ4n) is 3.53. The molecule has 0 aromatic heterocycles. The summed E-state index contributed by atoms with van der Waals surface area (Å²) in [5.74, 6) is -0.712. The number of nitrogens with one attached hydrogen (secondary N) is 2. The minimum atomic E-state index is -0.407. The van der Waals surface area contributed by atoms with Crippen molar-refractivity contribution >= 4 is 23.5 Å². The topological polar surface area (TPSA) is 72.6 Å². The van der Waals surface area contributed by atoms with E-state index in [1.165, 1.54) is 14.7 Å². The summed E-state index contributed by atoms with van der Waals surface area (Å²) < 4.78 is 4.95. The first-order chi connectivity index (χ1) is 12.0. The van der Waals surface area contributed by atoms with Gasteiger partial charge in [0, 0.05) is 0 Å². The molecule has 0 saturated carbocycles. The molecule has 2 fully saturated rings. The quantitative estimate of drug-likeness (QED) is 0.484. The molecule has 1 aromatic rings. The van der Waals surface area contributed by atoms with E-state index >= 15 is 0 Å². The van der Waals surface area contributed by atoms with Crippen LogP contribution in [-0.2, 0) is 14.3 Å². The molecule has 0 radical (unpaired) electrons. The Hall–Kier alpha value is -2.25. The molecule has 0 spiro atoms. The Morgan fingerprint density at radius 1 is 1.16 bits per heavy atom. The molecule has 2 N–H and O–H groups in total. The zero-order valence-corrected chi connectivity index (χ0v) is 14.7. The van der Waals surface area contributed by atoms with Gasteiger partial charge >= 0.3 is 5.97 Å². The standard InChI is InChI=1S/C18H23N3O4/c1-3-25-18(24)13-4-6-14(7-5-13)21-16(22)12-15(17(21)23)20-10-8-19(2)9-11-20/h4-7,15H,3,8-12H2,1-2H3/p+2/t15-/m0/s1. The minimum absolute atomic E-state index is 0.136. The van der Waals surface area contributed by atoms with Crippen LogP contribution in [0, 0.1) is 0 Å². The van der Waals surface area contributed by atoms with E-state index in [0.29, 0.717) is 17.9 Å². The highest BCUT2D eigenvalue weighted by Gasteiger charge is 2.46. The van der Waals surface area contributed by atoms with E-state index in [1.54, 1.807) is 31.2 Å². The molecular formula is C18H25N3O4+2. The van der Waals surface area contributed by atoms with Gasteiger partial charge in [-0.2, -0.15) is 0 Å². The van der Waals surface area contributed by atoms with Crippen LogP contribution in [-0.4, -0.2) is 63.7 Å². The van der Waals surface area contributed by atoms with Crippen LogP contribution >= 0.6 is 0 Å². The summed E-state index contributed by atoms with van der Waals surface area (Å²) in [4.78, 5) is 40.9. The maximum absolute atomic E-state index is 12.8. The predicted molar refractivity (Wildman–Crippen MR) is 90.6 cm³/mol. The van der Waals surface area contributed by atoms with Crippen LogP contribution < -0.4 is 14.7 Å². The monoisotopic (exact) mass is 347 g/mol. The molecule has 134 valence electrons. The number of ether oxygens (including phenoxy) is 1. The van der Waals surface area contributed by atoms with E-state index in [2.05, 4.69) is 7.05 Å². The Morgan fingerprint density at radius 3 is 2.40 bits per heavy atom. The molecule has 7 heteroatoms. The first-order valence-electron chi connectivity index (χ1n) is 8.81. The third-order valence-corrected chi connectivity index (χ3v) is 5.02. The molecule has 0 aliphatic carbocycles. The van der Waals surface area contributed by atoms with Crippen LogP contribution in [0.15, 0.2) is 24.3 Å². The van der Waals surface area contributed by atoms with E-state index in [-0.39, 0.29) is 24.3 Å². The van der Waals surface area contributed by atoms with Gasteiger partial charge in [0.1, 0.15) is 26.2 Å². The van der Waals surface area contributed by atoms with Crippen LogP contribution in [0.5, 0.6) is 0 Å². The van der Waals surface area contributed by atoms with Gasteiger partial charge in [0.25, 0.3) is 5.91 Å². The zero-order valence-electron chi connectivity index (χ0n) is 14.7. The van der Waals surface area contributed by atoms with Gasteiger partial charge in [0.15, 0.2) is 6.04 Å². The van der Waals surface area contributed by atoms with Gasteiger partial charge < -0.3 is 14.5 Å². The fraction of sp³-hybridized carbons (Fsp3) is 0.500. The summed E-state index contributed by atoms with van der Waals surface area (Å²) >= 11 is 0. The van der Waals surface area contributed by atoms with Crippen molar-refractivity contribution in [2.75, 3.05) is 44.7 Å². The van der Waals surface area contributed by atoms with E-state index in [9.17, 15) is 14.4 Å². The van der Waals surface area contributed by atoms with Crippen molar-refractivity contribution in [2.45, 2.75) is 19.4 Å². The van der Waals surface area contributed by atoms with Crippen molar-refractivity contribution in [2.24, 2.45) is 0 Å². The van der Waals surface area contributed by atoms with E-state index in [0.717, 1.165) is 26.2 Å². The second kappa shape index (κ2) is 7.33. The van der Waals surface area contributed by atoms with Gasteiger partial charge in [-0.15, -0.1) is 0 Å². The summed E-state index contributed by atoms with van der Waals surface area (Å²) in [5, 5.41) is 0. The maximum Gasteiger partial charge on any atom is 0.338 e. The van der Waals surface area contributed by atoms with Crippen LogP contribution in [0.4, 0.5) is 5.69 Å². The van der Waals surface area contributed by atoms with Crippen LogP contribution in [0.3, 0.4) is 0 Å². The molecule has 2 saturated heterocycles. The molecule has 0 unspecified atom stereocenters. The van der Waals surface area contributed by atoms with Crippen molar-refractivity contribution in [3.05, 3.63) is 29.8 Å². The number of rotatable bonds is 4. The van der Waals surface area contributed by atoms with Gasteiger partial charge in [-0.3, -0.25) is 9.59 Å². The number of amides is 2. The number of nitrogens with zero attached hydrogens (tertiary/aromatic N) is 1. The van der Waals surface area contributed by atoms with Crippen LogP contribution in [0.2, 0.25) is 0 Å². The Balaban J connectivity index is 1.73. The van der Waals surface area contributed by atoms with Crippen molar-refractivity contribution in [3.63, 3.8) is 0 Å². The number of esters is 1. The van der Waals surface area contributed by atoms with Crippen molar-refractivity contribution < 1.29 is 28.9 Å². The summed E-state index contributed by atoms with van der Waals surface area (Å²) in [7, 11) is 2.15. The predicted octanol–water partition coefficient (Wildman–Crippen LogP) is -2.09. The zero-order chi connectivity index (χ0) is 18.0. The second-order valence-electron chi connectivity index (χ2n) is 6.71. The minimum Gasteiger partial charge on any atom is -0.462 e. The van der Waals surface area contributed by atoms with Gasteiger partial charge in [-0.1, -0.05) is 0 Å². The summed E-state index contributed by atoms with van der Waals surface area (Å²) in [6.45, 7) is 5.90. The van der Waals surface area contributed by atoms with Crippen molar-refractivity contribution in [3.8, 4) is 0 Å². The number of piperazine rings is 1. The lowest BCUT2D eigenvalue weighted by atomic mass is 10.1. The number of quaternary nitrogens is 2. The van der Waals surface area contributed by atoms with Crippen molar-refractivity contribution in [1.29, 1.82) is 0 Å². The van der Waals surface area contributed by atoms with E-state index < -0.39 is 5.97 Å².